The molecule has 1 aromatic carbocycles. The smallest absolute Gasteiger partial charge is 0.338 e. The van der Waals surface area contributed by atoms with E-state index in [-0.39, 0.29) is 12.2 Å². The van der Waals surface area contributed by atoms with E-state index in [4.69, 9.17) is 4.74 Å². The third kappa shape index (κ3) is 3.30. The second kappa shape index (κ2) is 6.79. The zero-order valence-electron chi connectivity index (χ0n) is 14.3. The highest BCUT2D eigenvalue weighted by Crippen LogP contribution is 2.11. The van der Waals surface area contributed by atoms with Gasteiger partial charge in [0.1, 0.15) is 18.6 Å². The van der Waals surface area contributed by atoms with Gasteiger partial charge in [0, 0.05) is 12.3 Å². The number of hydrogen-bond acceptors (Lipinski definition) is 7. The minimum Gasteiger partial charge on any atom is -0.456 e. The average molecular weight is 362 g/mol. The Balaban J connectivity index is 1.50. The van der Waals surface area contributed by atoms with Gasteiger partial charge in [0.15, 0.2) is 0 Å². The first kappa shape index (κ1) is 16.6. The summed E-state index contributed by atoms with van der Waals surface area (Å²) >= 11 is 0. The molecule has 4 rings (SSSR count). The molecule has 27 heavy (non-hydrogen) atoms. The van der Waals surface area contributed by atoms with Crippen molar-refractivity contribution in [3.05, 3.63) is 82.2 Å². The van der Waals surface area contributed by atoms with Crippen LogP contribution in [0.2, 0.25) is 0 Å². The molecule has 0 saturated carbocycles. The molecular weight excluding hydrogens is 348 g/mol. The topological polar surface area (TPSA) is 104 Å². The number of ether oxygens (including phenoxy) is 1. The summed E-state index contributed by atoms with van der Waals surface area (Å²) < 4.78 is 8.22. The Kier molecular flexibility index (Phi) is 4.17. The zero-order chi connectivity index (χ0) is 18.8. The maximum atomic E-state index is 12.3. The SMILES string of the molecule is Cc1cccn2c(=O)cc(COC(=O)c3ccc(-n4cnnn4)cc3)nc12. The maximum absolute atomic E-state index is 12.3. The predicted octanol–water partition coefficient (Wildman–Crippen LogP) is 1.34. The van der Waals surface area contributed by atoms with Crippen LogP contribution >= 0.6 is 0 Å². The summed E-state index contributed by atoms with van der Waals surface area (Å²) in [7, 11) is 0. The van der Waals surface area contributed by atoms with Gasteiger partial charge in [-0.3, -0.25) is 9.20 Å². The van der Waals surface area contributed by atoms with Crippen molar-refractivity contribution in [2.75, 3.05) is 0 Å². The Hall–Kier alpha value is -3.88. The van der Waals surface area contributed by atoms with Crippen molar-refractivity contribution < 1.29 is 9.53 Å². The van der Waals surface area contributed by atoms with Gasteiger partial charge in [0.2, 0.25) is 0 Å². The van der Waals surface area contributed by atoms with Crippen molar-refractivity contribution in [3.8, 4) is 5.69 Å². The molecule has 0 unspecified atom stereocenters. The van der Waals surface area contributed by atoms with Crippen LogP contribution in [0.25, 0.3) is 11.3 Å². The molecule has 0 aliphatic heterocycles. The molecule has 0 saturated heterocycles. The van der Waals surface area contributed by atoms with Gasteiger partial charge in [-0.25, -0.2) is 14.5 Å². The third-order valence-corrected chi connectivity index (χ3v) is 4.01. The van der Waals surface area contributed by atoms with E-state index in [1.54, 1.807) is 36.5 Å². The van der Waals surface area contributed by atoms with E-state index >= 15 is 0 Å². The molecule has 0 aliphatic rings. The average Bonchev–Trinajstić information content (AvgIpc) is 3.22. The number of aromatic nitrogens is 6. The number of rotatable bonds is 4. The number of pyridine rings is 1. The summed E-state index contributed by atoms with van der Waals surface area (Å²) in [6.45, 7) is 1.78. The van der Waals surface area contributed by atoms with Crippen LogP contribution in [0.15, 0.2) is 59.8 Å². The number of esters is 1. The first-order valence-corrected chi connectivity index (χ1v) is 8.10. The molecule has 0 radical (unpaired) electrons. The Morgan fingerprint density at radius 2 is 2.00 bits per heavy atom. The highest BCUT2D eigenvalue weighted by atomic mass is 16.5. The van der Waals surface area contributed by atoms with Crippen LogP contribution < -0.4 is 5.56 Å². The first-order chi connectivity index (χ1) is 13.1. The van der Waals surface area contributed by atoms with Gasteiger partial charge < -0.3 is 4.74 Å². The highest BCUT2D eigenvalue weighted by molar-refractivity contribution is 5.89. The number of nitrogens with zero attached hydrogens (tertiary/aromatic N) is 6. The van der Waals surface area contributed by atoms with Crippen LogP contribution in [0.3, 0.4) is 0 Å². The van der Waals surface area contributed by atoms with Gasteiger partial charge in [-0.2, -0.15) is 0 Å². The molecule has 0 atom stereocenters. The molecule has 9 nitrogen and oxygen atoms in total. The summed E-state index contributed by atoms with van der Waals surface area (Å²) in [5, 5.41) is 10.9. The molecule has 0 amide bonds. The van der Waals surface area contributed by atoms with E-state index in [0.717, 1.165) is 11.3 Å². The van der Waals surface area contributed by atoms with E-state index in [9.17, 15) is 9.59 Å². The molecule has 4 aromatic rings. The van der Waals surface area contributed by atoms with Crippen molar-refractivity contribution in [2.45, 2.75) is 13.5 Å². The fourth-order valence-corrected chi connectivity index (χ4v) is 2.64. The largest absolute Gasteiger partial charge is 0.456 e. The van der Waals surface area contributed by atoms with Gasteiger partial charge >= 0.3 is 5.97 Å². The van der Waals surface area contributed by atoms with Crippen LogP contribution in [0.4, 0.5) is 0 Å². The number of carbonyl (C=O) groups is 1. The second-order valence-electron chi connectivity index (χ2n) is 5.85. The number of benzene rings is 1. The molecule has 3 aromatic heterocycles. The summed E-state index contributed by atoms with van der Waals surface area (Å²) in [4.78, 5) is 28.8. The molecule has 0 spiro atoms. The Labute approximate surface area is 152 Å². The third-order valence-electron chi connectivity index (χ3n) is 4.01. The van der Waals surface area contributed by atoms with Crippen LogP contribution in [-0.2, 0) is 11.3 Å². The fourth-order valence-electron chi connectivity index (χ4n) is 2.64. The lowest BCUT2D eigenvalue weighted by atomic mass is 10.2. The lowest BCUT2D eigenvalue weighted by Crippen LogP contribution is -2.17. The van der Waals surface area contributed by atoms with Crippen LogP contribution in [-0.4, -0.2) is 35.6 Å². The molecule has 134 valence electrons. The van der Waals surface area contributed by atoms with Gasteiger partial charge in [-0.05, 0) is 53.2 Å². The van der Waals surface area contributed by atoms with Crippen molar-refractivity contribution >= 4 is 11.6 Å². The van der Waals surface area contributed by atoms with Crippen molar-refractivity contribution in [1.29, 1.82) is 0 Å². The highest BCUT2D eigenvalue weighted by Gasteiger charge is 2.10. The van der Waals surface area contributed by atoms with E-state index in [1.165, 1.54) is 21.5 Å². The van der Waals surface area contributed by atoms with E-state index in [2.05, 4.69) is 20.5 Å². The quantitative estimate of drug-likeness (QED) is 0.504. The van der Waals surface area contributed by atoms with E-state index < -0.39 is 5.97 Å². The Bertz CT molecular complexity index is 1170. The predicted molar refractivity (Wildman–Crippen MR) is 94.5 cm³/mol. The molecular formula is C18H14N6O3. The number of fused-ring (bicyclic) bond motifs is 1. The van der Waals surface area contributed by atoms with Crippen molar-refractivity contribution in [2.24, 2.45) is 0 Å². The summed E-state index contributed by atoms with van der Waals surface area (Å²) in [6, 6.07) is 11.7. The molecule has 9 heteroatoms. The van der Waals surface area contributed by atoms with Crippen LogP contribution in [0, 0.1) is 6.92 Å². The zero-order valence-corrected chi connectivity index (χ0v) is 14.3. The first-order valence-electron chi connectivity index (χ1n) is 8.10. The number of carbonyl (C=O) groups excluding carboxylic acids is 1. The summed E-state index contributed by atoms with van der Waals surface area (Å²) in [5.74, 6) is -0.509. The Morgan fingerprint density at radius 3 is 2.74 bits per heavy atom. The van der Waals surface area contributed by atoms with Gasteiger partial charge in [-0.1, -0.05) is 6.07 Å². The molecule has 0 bridgehead atoms. The van der Waals surface area contributed by atoms with Gasteiger partial charge in [0.25, 0.3) is 5.56 Å². The fraction of sp³-hybridized carbons (Fsp3) is 0.111. The Morgan fingerprint density at radius 1 is 1.19 bits per heavy atom. The van der Waals surface area contributed by atoms with E-state index in [0.29, 0.717) is 16.9 Å². The minimum atomic E-state index is -0.509. The lowest BCUT2D eigenvalue weighted by molar-refractivity contribution is 0.0467. The number of tetrazole rings is 1. The minimum absolute atomic E-state index is 0.0896. The number of aryl methyl sites for hydroxylation is 1. The van der Waals surface area contributed by atoms with E-state index in [1.807, 2.05) is 13.0 Å². The van der Waals surface area contributed by atoms with Gasteiger partial charge in [0.05, 0.1) is 16.9 Å². The molecule has 0 N–H and O–H groups in total. The van der Waals surface area contributed by atoms with Gasteiger partial charge in [-0.15, -0.1) is 5.10 Å². The second-order valence-corrected chi connectivity index (χ2v) is 5.85. The van der Waals surface area contributed by atoms with Crippen molar-refractivity contribution in [1.82, 2.24) is 29.6 Å². The van der Waals surface area contributed by atoms with Crippen LogP contribution in [0.5, 0.6) is 0 Å². The van der Waals surface area contributed by atoms with Crippen molar-refractivity contribution in [3.63, 3.8) is 0 Å². The maximum Gasteiger partial charge on any atom is 0.338 e. The summed E-state index contributed by atoms with van der Waals surface area (Å²) in [6.07, 6.45) is 3.11. The molecule has 3 heterocycles. The van der Waals surface area contributed by atoms with Crippen LogP contribution in [0.1, 0.15) is 21.6 Å². The standard InChI is InChI=1S/C18H14N6O3/c1-12-3-2-8-23-16(25)9-14(20-17(12)23)10-27-18(26)13-4-6-15(7-5-13)24-11-19-21-22-24/h2-9,11H,10H2,1H3. The number of hydrogen-bond donors (Lipinski definition) is 0. The molecule has 0 fully saturated rings. The lowest BCUT2D eigenvalue weighted by Gasteiger charge is -2.08. The summed E-state index contributed by atoms with van der Waals surface area (Å²) in [5.41, 5.74) is 2.67. The molecule has 0 aliphatic carbocycles. The monoisotopic (exact) mass is 362 g/mol. The normalized spacial score (nSPS) is 10.9.